The Bertz CT molecular complexity index is 774. The van der Waals surface area contributed by atoms with E-state index in [1.807, 2.05) is 0 Å². The first-order chi connectivity index (χ1) is 11.0. The lowest BCUT2D eigenvalue weighted by molar-refractivity contribution is -0.384. The minimum atomic E-state index is -0.496. The molecule has 0 aromatic heterocycles. The third kappa shape index (κ3) is 3.21. The fourth-order valence-corrected chi connectivity index (χ4v) is 2.66. The summed E-state index contributed by atoms with van der Waals surface area (Å²) in [7, 11) is 0. The zero-order chi connectivity index (χ0) is 16.6. The minimum Gasteiger partial charge on any atom is -0.376 e. The van der Waals surface area contributed by atoms with Gasteiger partial charge < -0.3 is 5.32 Å². The SMILES string of the molecule is CC(=O)c1ccc(N[C@@H]2C[C@H]2c2ccc(F)cc2)c([N+](=O)[O-])c1. The van der Waals surface area contributed by atoms with Gasteiger partial charge in [0.1, 0.15) is 11.5 Å². The first-order valence-corrected chi connectivity index (χ1v) is 7.27. The molecule has 2 atom stereocenters. The molecule has 0 amide bonds. The second kappa shape index (κ2) is 5.79. The van der Waals surface area contributed by atoms with Crippen molar-refractivity contribution in [3.8, 4) is 0 Å². The van der Waals surface area contributed by atoms with E-state index in [1.54, 1.807) is 24.3 Å². The number of nitrogens with zero attached hydrogens (tertiary/aromatic N) is 1. The van der Waals surface area contributed by atoms with Gasteiger partial charge >= 0.3 is 0 Å². The highest BCUT2D eigenvalue weighted by Gasteiger charge is 2.39. The molecule has 0 radical (unpaired) electrons. The van der Waals surface area contributed by atoms with Crippen LogP contribution in [0, 0.1) is 15.9 Å². The molecule has 3 rings (SSSR count). The van der Waals surface area contributed by atoms with Gasteiger partial charge in [-0.05, 0) is 43.2 Å². The summed E-state index contributed by atoms with van der Waals surface area (Å²) < 4.78 is 12.9. The largest absolute Gasteiger partial charge is 0.376 e. The van der Waals surface area contributed by atoms with Gasteiger partial charge in [-0.15, -0.1) is 0 Å². The number of ketones is 1. The van der Waals surface area contributed by atoms with Gasteiger partial charge in [0, 0.05) is 23.6 Å². The zero-order valence-electron chi connectivity index (χ0n) is 12.5. The first-order valence-electron chi connectivity index (χ1n) is 7.27. The third-order valence-electron chi connectivity index (χ3n) is 4.03. The van der Waals surface area contributed by atoms with Crippen LogP contribution in [-0.4, -0.2) is 16.7 Å². The highest BCUT2D eigenvalue weighted by Crippen LogP contribution is 2.44. The molecule has 2 aromatic rings. The van der Waals surface area contributed by atoms with Crippen LogP contribution >= 0.6 is 0 Å². The molecule has 6 heteroatoms. The zero-order valence-corrected chi connectivity index (χ0v) is 12.5. The molecule has 0 saturated heterocycles. The number of rotatable bonds is 5. The molecular formula is C17H15FN2O3. The van der Waals surface area contributed by atoms with Gasteiger partial charge in [-0.1, -0.05) is 12.1 Å². The van der Waals surface area contributed by atoms with Crippen molar-refractivity contribution in [1.29, 1.82) is 0 Å². The monoisotopic (exact) mass is 314 g/mol. The highest BCUT2D eigenvalue weighted by molar-refractivity contribution is 5.95. The van der Waals surface area contributed by atoms with Crippen LogP contribution in [-0.2, 0) is 0 Å². The Morgan fingerprint density at radius 1 is 1.26 bits per heavy atom. The fraction of sp³-hybridized carbons (Fsp3) is 0.235. The number of nitrogens with one attached hydrogen (secondary N) is 1. The van der Waals surface area contributed by atoms with Crippen molar-refractivity contribution in [1.82, 2.24) is 0 Å². The maximum absolute atomic E-state index is 12.9. The van der Waals surface area contributed by atoms with Crippen LogP contribution in [0.1, 0.15) is 35.2 Å². The molecule has 23 heavy (non-hydrogen) atoms. The van der Waals surface area contributed by atoms with Crippen LogP contribution in [0.4, 0.5) is 15.8 Å². The number of hydrogen-bond donors (Lipinski definition) is 1. The van der Waals surface area contributed by atoms with Gasteiger partial charge in [-0.3, -0.25) is 14.9 Å². The quantitative estimate of drug-likeness (QED) is 0.516. The molecule has 2 aromatic carbocycles. The number of hydrogen-bond acceptors (Lipinski definition) is 4. The van der Waals surface area contributed by atoms with Crippen molar-refractivity contribution in [3.05, 3.63) is 69.5 Å². The topological polar surface area (TPSA) is 72.2 Å². The number of anilines is 1. The third-order valence-corrected chi connectivity index (χ3v) is 4.03. The van der Waals surface area contributed by atoms with E-state index < -0.39 is 4.92 Å². The number of nitro benzene ring substituents is 1. The summed E-state index contributed by atoms with van der Waals surface area (Å²) >= 11 is 0. The van der Waals surface area contributed by atoms with E-state index in [2.05, 4.69) is 5.32 Å². The van der Waals surface area contributed by atoms with Gasteiger partial charge in [-0.2, -0.15) is 0 Å². The Morgan fingerprint density at radius 3 is 2.57 bits per heavy atom. The van der Waals surface area contributed by atoms with Crippen LogP contribution < -0.4 is 5.32 Å². The number of carbonyl (C=O) groups excluding carboxylic acids is 1. The number of carbonyl (C=O) groups is 1. The number of benzene rings is 2. The molecule has 0 spiro atoms. The summed E-state index contributed by atoms with van der Waals surface area (Å²) in [6, 6.07) is 10.8. The summed E-state index contributed by atoms with van der Waals surface area (Å²) in [5.74, 6) is -0.285. The van der Waals surface area contributed by atoms with E-state index in [9.17, 15) is 19.3 Å². The van der Waals surface area contributed by atoms with E-state index >= 15 is 0 Å². The lowest BCUT2D eigenvalue weighted by atomic mass is 10.1. The predicted octanol–water partition coefficient (Wildman–Crippen LogP) is 3.90. The molecule has 0 aliphatic heterocycles. The van der Waals surface area contributed by atoms with Gasteiger partial charge in [0.25, 0.3) is 5.69 Å². The normalized spacial score (nSPS) is 19.2. The Kier molecular flexibility index (Phi) is 3.82. The second-order valence-corrected chi connectivity index (χ2v) is 5.69. The Morgan fingerprint density at radius 2 is 1.96 bits per heavy atom. The van der Waals surface area contributed by atoms with Gasteiger partial charge in [0.15, 0.2) is 5.78 Å². The summed E-state index contributed by atoms with van der Waals surface area (Å²) in [5, 5.41) is 14.3. The van der Waals surface area contributed by atoms with Crippen molar-refractivity contribution in [3.63, 3.8) is 0 Å². The van der Waals surface area contributed by atoms with Crippen molar-refractivity contribution >= 4 is 17.2 Å². The first kappa shape index (κ1) is 15.1. The molecule has 0 bridgehead atoms. The smallest absolute Gasteiger partial charge is 0.293 e. The van der Waals surface area contributed by atoms with Crippen LogP contribution in [0.5, 0.6) is 0 Å². The maximum atomic E-state index is 12.9. The summed E-state index contributed by atoms with van der Waals surface area (Å²) in [6.07, 6.45) is 0.831. The van der Waals surface area contributed by atoms with Gasteiger partial charge in [-0.25, -0.2) is 4.39 Å². The van der Waals surface area contributed by atoms with E-state index in [-0.39, 0.29) is 29.2 Å². The fourth-order valence-electron chi connectivity index (χ4n) is 2.66. The van der Waals surface area contributed by atoms with Crippen LogP contribution in [0.25, 0.3) is 0 Å². The van der Waals surface area contributed by atoms with Crippen LogP contribution in [0.15, 0.2) is 42.5 Å². The van der Waals surface area contributed by atoms with Gasteiger partial charge in [0.05, 0.1) is 4.92 Å². The average Bonchev–Trinajstić information content (AvgIpc) is 3.27. The standard InChI is InChI=1S/C17H15FN2O3/c1-10(21)12-4-7-15(17(8-12)20(22)23)19-16-9-14(16)11-2-5-13(18)6-3-11/h2-8,14,16,19H,9H2,1H3/t14-,16+/m0/s1. The summed E-state index contributed by atoms with van der Waals surface area (Å²) in [5.41, 5.74) is 1.61. The lowest BCUT2D eigenvalue weighted by Gasteiger charge is -2.08. The van der Waals surface area contributed by atoms with Crippen molar-refractivity contribution < 1.29 is 14.1 Å². The molecule has 5 nitrogen and oxygen atoms in total. The molecule has 1 aliphatic carbocycles. The van der Waals surface area contributed by atoms with E-state index in [0.717, 1.165) is 12.0 Å². The average molecular weight is 314 g/mol. The molecule has 1 aliphatic rings. The van der Waals surface area contributed by atoms with Gasteiger partial charge in [0.2, 0.25) is 0 Å². The number of halogens is 1. The Balaban J connectivity index is 1.77. The molecule has 1 saturated carbocycles. The maximum Gasteiger partial charge on any atom is 0.293 e. The molecular weight excluding hydrogens is 299 g/mol. The van der Waals surface area contributed by atoms with Crippen LogP contribution in [0.3, 0.4) is 0 Å². The van der Waals surface area contributed by atoms with Crippen LogP contribution in [0.2, 0.25) is 0 Å². The van der Waals surface area contributed by atoms with E-state index in [4.69, 9.17) is 0 Å². The molecule has 118 valence electrons. The molecule has 0 unspecified atom stereocenters. The van der Waals surface area contributed by atoms with Crippen molar-refractivity contribution in [2.75, 3.05) is 5.32 Å². The minimum absolute atomic E-state index is 0.0716. The number of nitro groups is 1. The Hall–Kier alpha value is -2.76. The Labute approximate surface area is 132 Å². The van der Waals surface area contributed by atoms with E-state index in [1.165, 1.54) is 25.1 Å². The van der Waals surface area contributed by atoms with Crippen molar-refractivity contribution in [2.24, 2.45) is 0 Å². The number of Topliss-reactive ketones (excluding diaryl/α,β-unsaturated/α-hetero) is 1. The molecule has 1 N–H and O–H groups in total. The second-order valence-electron chi connectivity index (χ2n) is 5.69. The molecule has 0 heterocycles. The molecule has 1 fully saturated rings. The van der Waals surface area contributed by atoms with E-state index in [0.29, 0.717) is 11.3 Å². The van der Waals surface area contributed by atoms with Crippen molar-refractivity contribution in [2.45, 2.75) is 25.3 Å². The predicted molar refractivity (Wildman–Crippen MR) is 84.3 cm³/mol. The highest BCUT2D eigenvalue weighted by atomic mass is 19.1. The lowest BCUT2D eigenvalue weighted by Crippen LogP contribution is -2.07. The summed E-state index contributed by atoms with van der Waals surface area (Å²) in [6.45, 7) is 1.37. The summed E-state index contributed by atoms with van der Waals surface area (Å²) in [4.78, 5) is 22.1.